The van der Waals surface area contributed by atoms with Gasteiger partial charge in [0.15, 0.2) is 5.76 Å². The van der Waals surface area contributed by atoms with Gasteiger partial charge in [-0.15, -0.1) is 0 Å². The summed E-state index contributed by atoms with van der Waals surface area (Å²) >= 11 is 0. The summed E-state index contributed by atoms with van der Waals surface area (Å²) in [6.07, 6.45) is 2.12. The Morgan fingerprint density at radius 3 is 2.17 bits per heavy atom. The van der Waals surface area contributed by atoms with Gasteiger partial charge in [0.05, 0.1) is 0 Å². The number of hydrogen-bond acceptors (Lipinski definition) is 3. The molecule has 3 heteroatoms. The molecule has 1 unspecified atom stereocenters. The van der Waals surface area contributed by atoms with E-state index >= 15 is 0 Å². The Morgan fingerprint density at radius 2 is 1.57 bits per heavy atom. The van der Waals surface area contributed by atoms with Gasteiger partial charge in [0.1, 0.15) is 0 Å². The molecule has 1 atom stereocenters. The van der Waals surface area contributed by atoms with E-state index in [2.05, 4.69) is 0 Å². The Hall–Kier alpha value is -2.65. The summed E-state index contributed by atoms with van der Waals surface area (Å²) < 4.78 is 0. The summed E-state index contributed by atoms with van der Waals surface area (Å²) in [5.41, 5.74) is 2.94. The van der Waals surface area contributed by atoms with E-state index in [0.717, 1.165) is 11.1 Å². The normalized spacial score (nSPS) is 19.6. The Bertz CT molecular complexity index is 758. The molecule has 0 saturated heterocycles. The lowest BCUT2D eigenvalue weighted by atomic mass is 9.85. The highest BCUT2D eigenvalue weighted by Gasteiger charge is 2.38. The van der Waals surface area contributed by atoms with Crippen molar-refractivity contribution in [3.8, 4) is 0 Å². The number of carbonyl (C=O) groups excluding carboxylic acids is 1. The van der Waals surface area contributed by atoms with Crippen molar-refractivity contribution < 1.29 is 15.0 Å². The largest absolute Gasteiger partial charge is 0.504 e. The molecule has 2 aromatic carbocycles. The van der Waals surface area contributed by atoms with Crippen molar-refractivity contribution in [2.24, 2.45) is 0 Å². The number of hydrogen-bond donors (Lipinski definition) is 2. The summed E-state index contributed by atoms with van der Waals surface area (Å²) in [4.78, 5) is 12.5. The lowest BCUT2D eigenvalue weighted by molar-refractivity contribution is -0.114. The van der Waals surface area contributed by atoms with Crippen LogP contribution in [0.15, 0.2) is 78.1 Å². The van der Waals surface area contributed by atoms with Crippen LogP contribution in [0.3, 0.4) is 0 Å². The minimum Gasteiger partial charge on any atom is -0.504 e. The van der Waals surface area contributed by atoms with Gasteiger partial charge in [0, 0.05) is 23.7 Å². The first-order valence-electron chi connectivity index (χ1n) is 7.63. The second kappa shape index (κ2) is 6.63. The van der Waals surface area contributed by atoms with Crippen LogP contribution in [-0.4, -0.2) is 22.6 Å². The molecule has 3 nitrogen and oxygen atoms in total. The zero-order valence-corrected chi connectivity index (χ0v) is 12.6. The minimum absolute atomic E-state index is 0.0281. The molecule has 2 aromatic rings. The number of ketones is 1. The van der Waals surface area contributed by atoms with Crippen LogP contribution in [0.25, 0.3) is 5.57 Å². The molecular weight excluding hydrogens is 288 g/mol. The van der Waals surface area contributed by atoms with Gasteiger partial charge >= 0.3 is 0 Å². The van der Waals surface area contributed by atoms with Crippen LogP contribution < -0.4 is 0 Å². The molecule has 1 aliphatic rings. The van der Waals surface area contributed by atoms with E-state index in [9.17, 15) is 9.90 Å². The SMILES string of the molecule is O=C1C(O)=C(c2ccccc2)C(c2ccccc2)/C1=C\CCO. The molecule has 0 fully saturated rings. The Labute approximate surface area is 135 Å². The van der Waals surface area contributed by atoms with Gasteiger partial charge in [-0.25, -0.2) is 0 Å². The molecule has 0 aliphatic heterocycles. The van der Waals surface area contributed by atoms with Crippen molar-refractivity contribution in [2.75, 3.05) is 6.61 Å². The topological polar surface area (TPSA) is 57.5 Å². The quantitative estimate of drug-likeness (QED) is 0.848. The lowest BCUT2D eigenvalue weighted by Crippen LogP contribution is -2.05. The molecule has 0 spiro atoms. The summed E-state index contributed by atoms with van der Waals surface area (Å²) in [6, 6.07) is 19.1. The fourth-order valence-electron chi connectivity index (χ4n) is 3.03. The highest BCUT2D eigenvalue weighted by atomic mass is 16.3. The maximum absolute atomic E-state index is 12.5. The van der Waals surface area contributed by atoms with Crippen molar-refractivity contribution in [1.82, 2.24) is 0 Å². The van der Waals surface area contributed by atoms with Gasteiger partial charge in [0.2, 0.25) is 5.78 Å². The summed E-state index contributed by atoms with van der Waals surface area (Å²) in [6.45, 7) is -0.0281. The van der Waals surface area contributed by atoms with Crippen LogP contribution in [0.1, 0.15) is 23.5 Å². The van der Waals surface area contributed by atoms with E-state index in [1.165, 1.54) is 0 Å². The molecular formula is C20H18O3. The van der Waals surface area contributed by atoms with Gasteiger partial charge in [-0.1, -0.05) is 66.7 Å². The van der Waals surface area contributed by atoms with Crippen molar-refractivity contribution in [3.05, 3.63) is 89.2 Å². The number of aliphatic hydroxyl groups is 2. The van der Waals surface area contributed by atoms with Crippen LogP contribution >= 0.6 is 0 Å². The molecule has 3 rings (SSSR count). The third kappa shape index (κ3) is 2.83. The van der Waals surface area contributed by atoms with E-state index in [1.54, 1.807) is 6.08 Å². The number of benzene rings is 2. The first-order valence-corrected chi connectivity index (χ1v) is 7.63. The molecule has 116 valence electrons. The number of allylic oxidation sites excluding steroid dienone is 2. The molecule has 0 radical (unpaired) electrons. The third-order valence-corrected chi connectivity index (χ3v) is 4.04. The maximum atomic E-state index is 12.5. The van der Waals surface area contributed by atoms with E-state index < -0.39 is 0 Å². The van der Waals surface area contributed by atoms with E-state index in [1.807, 2.05) is 60.7 Å². The Balaban J connectivity index is 2.17. The Kier molecular flexibility index (Phi) is 4.40. The third-order valence-electron chi connectivity index (χ3n) is 4.04. The molecule has 23 heavy (non-hydrogen) atoms. The zero-order valence-electron chi connectivity index (χ0n) is 12.6. The molecule has 0 aromatic heterocycles. The van der Waals surface area contributed by atoms with Crippen LogP contribution in [0.4, 0.5) is 0 Å². The van der Waals surface area contributed by atoms with Crippen LogP contribution in [0.5, 0.6) is 0 Å². The standard InChI is InChI=1S/C20H18O3/c21-13-7-12-16-17(14-8-3-1-4-9-14)18(20(23)19(16)22)15-10-5-2-6-11-15/h1-6,8-12,17,21,23H,7,13H2/b16-12+. The monoisotopic (exact) mass is 306 g/mol. The van der Waals surface area contributed by atoms with Crippen molar-refractivity contribution in [3.63, 3.8) is 0 Å². The summed E-state index contributed by atoms with van der Waals surface area (Å²) in [5.74, 6) is -0.863. The molecule has 0 bridgehead atoms. The predicted octanol–water partition coefficient (Wildman–Crippen LogP) is 3.63. The first kappa shape index (κ1) is 15.3. The highest BCUT2D eigenvalue weighted by Crippen LogP contribution is 2.46. The van der Waals surface area contributed by atoms with E-state index in [4.69, 9.17) is 5.11 Å². The van der Waals surface area contributed by atoms with Crippen LogP contribution in [0.2, 0.25) is 0 Å². The number of Topliss-reactive ketones (excluding diaryl/α,β-unsaturated/α-hetero) is 1. The fraction of sp³-hybridized carbons (Fsp3) is 0.150. The lowest BCUT2D eigenvalue weighted by Gasteiger charge is -2.17. The van der Waals surface area contributed by atoms with Gasteiger partial charge in [0.25, 0.3) is 0 Å². The number of rotatable bonds is 4. The van der Waals surface area contributed by atoms with E-state index in [-0.39, 0.29) is 24.1 Å². The van der Waals surface area contributed by atoms with Gasteiger partial charge in [-0.2, -0.15) is 0 Å². The van der Waals surface area contributed by atoms with Gasteiger partial charge in [-0.05, 0) is 17.5 Å². The smallest absolute Gasteiger partial charge is 0.224 e. The Morgan fingerprint density at radius 1 is 0.957 bits per heavy atom. The second-order valence-electron chi connectivity index (χ2n) is 5.47. The average Bonchev–Trinajstić information content (AvgIpc) is 2.86. The van der Waals surface area contributed by atoms with Crippen molar-refractivity contribution in [1.29, 1.82) is 0 Å². The average molecular weight is 306 g/mol. The van der Waals surface area contributed by atoms with Gasteiger partial charge in [-0.3, -0.25) is 4.79 Å². The molecule has 1 aliphatic carbocycles. The summed E-state index contributed by atoms with van der Waals surface area (Å²) in [7, 11) is 0. The van der Waals surface area contributed by atoms with Crippen molar-refractivity contribution >= 4 is 11.4 Å². The predicted molar refractivity (Wildman–Crippen MR) is 90.0 cm³/mol. The zero-order chi connectivity index (χ0) is 16.2. The second-order valence-corrected chi connectivity index (χ2v) is 5.47. The molecule has 2 N–H and O–H groups in total. The van der Waals surface area contributed by atoms with Crippen molar-refractivity contribution in [2.45, 2.75) is 12.3 Å². The highest BCUT2D eigenvalue weighted by molar-refractivity contribution is 6.19. The minimum atomic E-state index is -0.355. The fourth-order valence-corrected chi connectivity index (χ4v) is 3.03. The van der Waals surface area contributed by atoms with Gasteiger partial charge < -0.3 is 10.2 Å². The van der Waals surface area contributed by atoms with Crippen LogP contribution in [-0.2, 0) is 4.79 Å². The molecule has 0 amide bonds. The molecule has 0 heterocycles. The van der Waals surface area contributed by atoms with E-state index in [0.29, 0.717) is 17.6 Å². The number of aliphatic hydroxyl groups excluding tert-OH is 2. The maximum Gasteiger partial charge on any atom is 0.224 e. The molecule has 0 saturated carbocycles. The van der Waals surface area contributed by atoms with Crippen LogP contribution in [0, 0.1) is 0 Å². The first-order chi connectivity index (χ1) is 11.2. The number of carbonyl (C=O) groups is 1. The summed E-state index contributed by atoms with van der Waals surface area (Å²) in [5, 5.41) is 19.5.